The number of nitrogens with one attached hydrogen (secondary N) is 1. The van der Waals surface area contributed by atoms with Crippen LogP contribution >= 0.6 is 11.6 Å². The summed E-state index contributed by atoms with van der Waals surface area (Å²) in [5, 5.41) is 3.25. The average Bonchev–Trinajstić information content (AvgIpc) is 2.28. The Morgan fingerprint density at radius 2 is 2.00 bits per heavy atom. The highest BCUT2D eigenvalue weighted by Gasteiger charge is 2.07. The first-order valence-corrected chi connectivity index (χ1v) is 5.81. The Hall–Kier alpha value is -0.730. The Morgan fingerprint density at radius 1 is 1.33 bits per heavy atom. The van der Waals surface area contributed by atoms with Gasteiger partial charge in [0.1, 0.15) is 5.75 Å². The van der Waals surface area contributed by atoms with E-state index in [4.69, 9.17) is 16.3 Å². The van der Waals surface area contributed by atoms with Gasteiger partial charge < -0.3 is 10.1 Å². The van der Waals surface area contributed by atoms with Crippen LogP contribution in [-0.4, -0.2) is 19.5 Å². The topological polar surface area (TPSA) is 21.3 Å². The molecule has 0 aromatic heterocycles. The largest absolute Gasteiger partial charge is 0.494 e. The smallest absolute Gasteiger partial charge is 0.119 e. The third kappa shape index (κ3) is 3.73. The normalized spacial score (nSPS) is 12.5. The van der Waals surface area contributed by atoms with Gasteiger partial charge in [-0.3, -0.25) is 0 Å². The van der Waals surface area contributed by atoms with Crippen LogP contribution in [0.3, 0.4) is 0 Å². The molecule has 0 heterocycles. The lowest BCUT2D eigenvalue weighted by molar-refractivity contribution is 0.340. The van der Waals surface area contributed by atoms with Crippen molar-refractivity contribution in [2.24, 2.45) is 0 Å². The van der Waals surface area contributed by atoms with E-state index in [1.807, 2.05) is 26.1 Å². The molecule has 1 rings (SSSR count). The maximum atomic E-state index is 5.74. The molecule has 0 aliphatic rings. The molecular weight excluding hydrogens is 210 g/mol. The summed E-state index contributed by atoms with van der Waals surface area (Å²) in [6.07, 6.45) is 0.937. The van der Waals surface area contributed by atoms with Gasteiger partial charge in [-0.25, -0.2) is 0 Å². The third-order valence-electron chi connectivity index (χ3n) is 2.34. The molecule has 0 aliphatic carbocycles. The zero-order chi connectivity index (χ0) is 11.1. The summed E-state index contributed by atoms with van der Waals surface area (Å²) in [4.78, 5) is 0. The zero-order valence-corrected chi connectivity index (χ0v) is 10.1. The number of hydrogen-bond acceptors (Lipinski definition) is 2. The minimum Gasteiger partial charge on any atom is -0.494 e. The molecule has 1 unspecified atom stereocenters. The molecule has 15 heavy (non-hydrogen) atoms. The second-order valence-electron chi connectivity index (χ2n) is 3.32. The van der Waals surface area contributed by atoms with Gasteiger partial charge in [0.05, 0.1) is 6.61 Å². The van der Waals surface area contributed by atoms with Crippen molar-refractivity contribution in [2.45, 2.75) is 19.4 Å². The van der Waals surface area contributed by atoms with Crippen molar-refractivity contribution >= 4 is 11.6 Å². The Balaban J connectivity index is 2.68. The van der Waals surface area contributed by atoms with Gasteiger partial charge in [-0.2, -0.15) is 0 Å². The van der Waals surface area contributed by atoms with Crippen LogP contribution < -0.4 is 10.1 Å². The fraction of sp³-hybridized carbons (Fsp3) is 0.500. The molecule has 1 aromatic carbocycles. The summed E-state index contributed by atoms with van der Waals surface area (Å²) >= 11 is 5.74. The monoisotopic (exact) mass is 227 g/mol. The lowest BCUT2D eigenvalue weighted by Gasteiger charge is -2.15. The Kier molecular flexibility index (Phi) is 5.51. The molecule has 0 amide bonds. The van der Waals surface area contributed by atoms with Crippen LogP contribution in [-0.2, 0) is 0 Å². The third-order valence-corrected chi connectivity index (χ3v) is 2.56. The van der Waals surface area contributed by atoms with E-state index in [2.05, 4.69) is 17.4 Å². The van der Waals surface area contributed by atoms with E-state index in [-0.39, 0.29) is 0 Å². The van der Waals surface area contributed by atoms with Crippen molar-refractivity contribution in [1.82, 2.24) is 5.32 Å². The molecule has 0 saturated carbocycles. The number of halogens is 1. The summed E-state index contributed by atoms with van der Waals surface area (Å²) < 4.78 is 5.39. The first-order chi connectivity index (χ1) is 7.31. The summed E-state index contributed by atoms with van der Waals surface area (Å²) in [6, 6.07) is 8.49. The highest BCUT2D eigenvalue weighted by molar-refractivity contribution is 6.17. The number of rotatable bonds is 6. The molecule has 1 atom stereocenters. The second kappa shape index (κ2) is 6.70. The van der Waals surface area contributed by atoms with Crippen LogP contribution in [0.15, 0.2) is 24.3 Å². The molecular formula is C12H18ClNO. The van der Waals surface area contributed by atoms with E-state index in [0.29, 0.717) is 18.5 Å². The van der Waals surface area contributed by atoms with Gasteiger partial charge in [0.15, 0.2) is 0 Å². The van der Waals surface area contributed by atoms with E-state index < -0.39 is 0 Å². The molecule has 3 heteroatoms. The van der Waals surface area contributed by atoms with Crippen LogP contribution in [0.1, 0.15) is 24.9 Å². The summed E-state index contributed by atoms with van der Waals surface area (Å²) in [6.45, 7) is 2.69. The van der Waals surface area contributed by atoms with Crippen LogP contribution in [0.4, 0.5) is 0 Å². The lowest BCUT2D eigenvalue weighted by Crippen LogP contribution is -2.16. The number of ether oxygens (including phenoxy) is 1. The Labute approximate surface area is 96.6 Å². The van der Waals surface area contributed by atoms with E-state index in [9.17, 15) is 0 Å². The van der Waals surface area contributed by atoms with Crippen LogP contribution in [0.2, 0.25) is 0 Å². The summed E-state index contributed by atoms with van der Waals surface area (Å²) in [5.41, 5.74) is 1.25. The molecule has 1 N–H and O–H groups in total. The van der Waals surface area contributed by atoms with Gasteiger partial charge in [-0.05, 0) is 38.1 Å². The maximum Gasteiger partial charge on any atom is 0.119 e. The Morgan fingerprint density at radius 3 is 2.47 bits per heavy atom. The Bertz CT molecular complexity index is 273. The molecule has 2 nitrogen and oxygen atoms in total. The van der Waals surface area contributed by atoms with Gasteiger partial charge in [-0.1, -0.05) is 12.1 Å². The van der Waals surface area contributed by atoms with Gasteiger partial charge in [-0.15, -0.1) is 11.6 Å². The number of hydrogen-bond donors (Lipinski definition) is 1. The first kappa shape index (κ1) is 12.3. The predicted molar refractivity (Wildman–Crippen MR) is 64.7 cm³/mol. The average molecular weight is 228 g/mol. The quantitative estimate of drug-likeness (QED) is 0.755. The van der Waals surface area contributed by atoms with Gasteiger partial charge in [0.25, 0.3) is 0 Å². The van der Waals surface area contributed by atoms with Gasteiger partial charge >= 0.3 is 0 Å². The van der Waals surface area contributed by atoms with Gasteiger partial charge in [0, 0.05) is 11.9 Å². The summed E-state index contributed by atoms with van der Waals surface area (Å²) in [7, 11) is 1.95. The van der Waals surface area contributed by atoms with E-state index in [1.165, 1.54) is 5.56 Å². The minimum atomic E-state index is 0.332. The fourth-order valence-corrected chi connectivity index (χ4v) is 1.77. The standard InChI is InChI=1S/C12H18ClNO/c1-3-15-11-6-4-10(5-7-11)12(14-2)8-9-13/h4-7,12,14H,3,8-9H2,1-2H3. The molecule has 0 saturated heterocycles. The van der Waals surface area contributed by atoms with E-state index >= 15 is 0 Å². The molecule has 0 radical (unpaired) electrons. The van der Waals surface area contributed by atoms with Crippen molar-refractivity contribution in [3.8, 4) is 5.75 Å². The maximum absolute atomic E-state index is 5.74. The molecule has 0 spiro atoms. The van der Waals surface area contributed by atoms with Crippen LogP contribution in [0.25, 0.3) is 0 Å². The number of alkyl halides is 1. The fourth-order valence-electron chi connectivity index (χ4n) is 1.55. The molecule has 1 aromatic rings. The highest BCUT2D eigenvalue weighted by atomic mass is 35.5. The van der Waals surface area contributed by atoms with Crippen molar-refractivity contribution in [2.75, 3.05) is 19.5 Å². The zero-order valence-electron chi connectivity index (χ0n) is 9.29. The van der Waals surface area contributed by atoms with E-state index in [1.54, 1.807) is 0 Å². The minimum absolute atomic E-state index is 0.332. The molecule has 0 aliphatic heterocycles. The van der Waals surface area contributed by atoms with E-state index in [0.717, 1.165) is 12.2 Å². The van der Waals surface area contributed by atoms with Crippen molar-refractivity contribution in [1.29, 1.82) is 0 Å². The van der Waals surface area contributed by atoms with Crippen molar-refractivity contribution in [3.63, 3.8) is 0 Å². The second-order valence-corrected chi connectivity index (χ2v) is 3.70. The molecule has 0 fully saturated rings. The van der Waals surface area contributed by atoms with Crippen molar-refractivity contribution in [3.05, 3.63) is 29.8 Å². The van der Waals surface area contributed by atoms with Crippen LogP contribution in [0, 0.1) is 0 Å². The highest BCUT2D eigenvalue weighted by Crippen LogP contribution is 2.20. The molecule has 0 bridgehead atoms. The predicted octanol–water partition coefficient (Wildman–Crippen LogP) is 2.97. The first-order valence-electron chi connectivity index (χ1n) is 5.27. The van der Waals surface area contributed by atoms with Crippen molar-refractivity contribution < 1.29 is 4.74 Å². The van der Waals surface area contributed by atoms with Gasteiger partial charge in [0.2, 0.25) is 0 Å². The summed E-state index contributed by atoms with van der Waals surface area (Å²) in [5.74, 6) is 1.58. The SMILES string of the molecule is CCOc1ccc(C(CCCl)NC)cc1. The molecule has 84 valence electrons. The number of benzene rings is 1. The van der Waals surface area contributed by atoms with Crippen LogP contribution in [0.5, 0.6) is 5.75 Å². The lowest BCUT2D eigenvalue weighted by atomic mass is 10.0.